The van der Waals surface area contributed by atoms with Crippen LogP contribution in [0.25, 0.3) is 0 Å². The van der Waals surface area contributed by atoms with Gasteiger partial charge in [-0.1, -0.05) is 25.1 Å². The molecule has 0 amide bonds. The topological polar surface area (TPSA) is 12.0 Å². The molecule has 0 aliphatic carbocycles. The second kappa shape index (κ2) is 6.88. The van der Waals surface area contributed by atoms with Crippen LogP contribution < -0.4 is 5.32 Å². The van der Waals surface area contributed by atoms with Crippen LogP contribution in [0.15, 0.2) is 30.3 Å². The van der Waals surface area contributed by atoms with Crippen LogP contribution >= 0.6 is 22.6 Å². The van der Waals surface area contributed by atoms with Crippen molar-refractivity contribution in [2.24, 2.45) is 0 Å². The Morgan fingerprint density at radius 2 is 1.67 bits per heavy atom. The predicted octanol–water partition coefficient (Wildman–Crippen LogP) is 5.05. The minimum Gasteiger partial charge on any atom is -0.306 e. The molecule has 112 valence electrons. The number of aryl methyl sites for hydroxylation is 3. The first-order chi connectivity index (χ1) is 9.93. The third-order valence-electron chi connectivity index (χ3n) is 3.88. The molecule has 0 fully saturated rings. The molecular formula is C18H21FIN. The quantitative estimate of drug-likeness (QED) is 0.712. The van der Waals surface area contributed by atoms with Gasteiger partial charge in [-0.05, 0) is 89.9 Å². The van der Waals surface area contributed by atoms with Crippen LogP contribution in [-0.4, -0.2) is 6.54 Å². The summed E-state index contributed by atoms with van der Waals surface area (Å²) in [6, 6.07) is 9.60. The molecule has 0 heterocycles. The normalized spacial score (nSPS) is 12.5. The summed E-state index contributed by atoms with van der Waals surface area (Å²) in [5, 5.41) is 3.54. The first-order valence-corrected chi connectivity index (χ1v) is 8.28. The van der Waals surface area contributed by atoms with Crippen molar-refractivity contribution in [3.05, 3.63) is 67.5 Å². The maximum atomic E-state index is 13.4. The van der Waals surface area contributed by atoms with Gasteiger partial charge in [0.05, 0.1) is 6.04 Å². The summed E-state index contributed by atoms with van der Waals surface area (Å²) in [5.41, 5.74) is 6.26. The maximum Gasteiger partial charge on any atom is 0.124 e. The number of rotatable bonds is 4. The molecule has 1 unspecified atom stereocenters. The van der Waals surface area contributed by atoms with Crippen LogP contribution in [-0.2, 0) is 0 Å². The largest absolute Gasteiger partial charge is 0.306 e. The smallest absolute Gasteiger partial charge is 0.124 e. The summed E-state index contributed by atoms with van der Waals surface area (Å²) >= 11 is 2.21. The second-order valence-electron chi connectivity index (χ2n) is 5.45. The molecule has 0 spiro atoms. The Labute approximate surface area is 140 Å². The van der Waals surface area contributed by atoms with Gasteiger partial charge in [0.25, 0.3) is 0 Å². The number of hydrogen-bond acceptors (Lipinski definition) is 1. The molecule has 0 saturated carbocycles. The zero-order valence-electron chi connectivity index (χ0n) is 12.9. The molecule has 21 heavy (non-hydrogen) atoms. The van der Waals surface area contributed by atoms with E-state index in [1.165, 1.54) is 28.3 Å². The van der Waals surface area contributed by atoms with Gasteiger partial charge in [0.15, 0.2) is 0 Å². The Bertz CT molecular complexity index is 652. The van der Waals surface area contributed by atoms with Gasteiger partial charge < -0.3 is 5.32 Å². The SMILES string of the molecule is CCNC(c1cc(C)c(C)cc1C)c1ccc(F)cc1I. The summed E-state index contributed by atoms with van der Waals surface area (Å²) in [7, 11) is 0. The Kier molecular flexibility index (Phi) is 5.38. The Morgan fingerprint density at radius 1 is 1.00 bits per heavy atom. The highest BCUT2D eigenvalue weighted by atomic mass is 127. The lowest BCUT2D eigenvalue weighted by Crippen LogP contribution is -2.24. The highest BCUT2D eigenvalue weighted by Gasteiger charge is 2.18. The van der Waals surface area contributed by atoms with Gasteiger partial charge >= 0.3 is 0 Å². The fourth-order valence-corrected chi connectivity index (χ4v) is 3.41. The summed E-state index contributed by atoms with van der Waals surface area (Å²) in [4.78, 5) is 0. The molecule has 0 saturated heterocycles. The minimum atomic E-state index is -0.185. The van der Waals surface area contributed by atoms with Crippen molar-refractivity contribution in [1.29, 1.82) is 0 Å². The number of hydrogen-bond donors (Lipinski definition) is 1. The van der Waals surface area contributed by atoms with Gasteiger partial charge in [-0.2, -0.15) is 0 Å². The molecule has 0 bridgehead atoms. The molecule has 1 nitrogen and oxygen atoms in total. The molecule has 0 aliphatic heterocycles. The standard InChI is InChI=1S/C18H21FIN/c1-5-21-18(15-7-6-14(19)10-17(15)20)16-9-12(3)11(2)8-13(16)4/h6-10,18,21H,5H2,1-4H3. The fraction of sp³-hybridized carbons (Fsp3) is 0.333. The van der Waals surface area contributed by atoms with Gasteiger partial charge in [-0.15, -0.1) is 0 Å². The Morgan fingerprint density at radius 3 is 2.29 bits per heavy atom. The van der Waals surface area contributed by atoms with Gasteiger partial charge in [-0.3, -0.25) is 0 Å². The van der Waals surface area contributed by atoms with Gasteiger partial charge in [0.2, 0.25) is 0 Å². The van der Waals surface area contributed by atoms with Crippen LogP contribution in [0, 0.1) is 30.2 Å². The number of halogens is 2. The van der Waals surface area contributed by atoms with Crippen molar-refractivity contribution in [2.45, 2.75) is 33.7 Å². The maximum absolute atomic E-state index is 13.4. The first-order valence-electron chi connectivity index (χ1n) is 7.20. The van der Waals surface area contributed by atoms with Crippen molar-refractivity contribution in [3.63, 3.8) is 0 Å². The van der Waals surface area contributed by atoms with Crippen LogP contribution in [0.5, 0.6) is 0 Å². The Balaban J connectivity index is 2.55. The van der Waals surface area contributed by atoms with Crippen LogP contribution in [0.4, 0.5) is 4.39 Å². The zero-order valence-corrected chi connectivity index (χ0v) is 15.1. The van der Waals surface area contributed by atoms with Crippen molar-refractivity contribution < 1.29 is 4.39 Å². The summed E-state index contributed by atoms with van der Waals surface area (Å²) in [6.45, 7) is 9.37. The van der Waals surface area contributed by atoms with Gasteiger partial charge in [-0.25, -0.2) is 4.39 Å². The zero-order chi connectivity index (χ0) is 15.6. The second-order valence-corrected chi connectivity index (χ2v) is 6.61. The molecule has 3 heteroatoms. The van der Waals surface area contributed by atoms with Crippen molar-refractivity contribution in [1.82, 2.24) is 5.32 Å². The lowest BCUT2D eigenvalue weighted by Gasteiger charge is -2.23. The third kappa shape index (κ3) is 3.64. The van der Waals surface area contributed by atoms with E-state index in [0.29, 0.717) is 0 Å². The molecule has 0 radical (unpaired) electrons. The van der Waals surface area contributed by atoms with Crippen molar-refractivity contribution in [2.75, 3.05) is 6.54 Å². The predicted molar refractivity (Wildman–Crippen MR) is 95.3 cm³/mol. The molecule has 1 N–H and O–H groups in total. The fourth-order valence-electron chi connectivity index (χ4n) is 2.62. The average molecular weight is 397 g/mol. The van der Waals surface area contributed by atoms with E-state index in [4.69, 9.17) is 0 Å². The molecule has 1 atom stereocenters. The van der Waals surface area contributed by atoms with E-state index in [9.17, 15) is 4.39 Å². The summed E-state index contributed by atoms with van der Waals surface area (Å²) in [5.74, 6) is -0.185. The summed E-state index contributed by atoms with van der Waals surface area (Å²) < 4.78 is 14.3. The van der Waals surface area contributed by atoms with E-state index >= 15 is 0 Å². The average Bonchev–Trinajstić information content (AvgIpc) is 2.41. The molecule has 2 aromatic carbocycles. The molecule has 2 rings (SSSR count). The number of benzene rings is 2. The highest BCUT2D eigenvalue weighted by Crippen LogP contribution is 2.30. The van der Waals surface area contributed by atoms with E-state index in [-0.39, 0.29) is 11.9 Å². The van der Waals surface area contributed by atoms with Crippen LogP contribution in [0.2, 0.25) is 0 Å². The molecule has 0 aliphatic rings. The molecule has 0 aromatic heterocycles. The third-order valence-corrected chi connectivity index (χ3v) is 4.81. The monoisotopic (exact) mass is 397 g/mol. The van der Waals surface area contributed by atoms with Crippen LogP contribution in [0.1, 0.15) is 40.8 Å². The van der Waals surface area contributed by atoms with E-state index in [0.717, 1.165) is 15.7 Å². The minimum absolute atomic E-state index is 0.0989. The lowest BCUT2D eigenvalue weighted by molar-refractivity contribution is 0.609. The van der Waals surface area contributed by atoms with E-state index in [2.05, 4.69) is 67.7 Å². The first kappa shape index (κ1) is 16.4. The van der Waals surface area contributed by atoms with E-state index < -0.39 is 0 Å². The summed E-state index contributed by atoms with van der Waals surface area (Å²) in [6.07, 6.45) is 0. The van der Waals surface area contributed by atoms with Crippen molar-refractivity contribution in [3.8, 4) is 0 Å². The number of nitrogens with one attached hydrogen (secondary N) is 1. The van der Waals surface area contributed by atoms with Crippen molar-refractivity contribution >= 4 is 22.6 Å². The van der Waals surface area contributed by atoms with Gasteiger partial charge in [0, 0.05) is 3.57 Å². The van der Waals surface area contributed by atoms with E-state index in [1.54, 1.807) is 6.07 Å². The van der Waals surface area contributed by atoms with Crippen LogP contribution in [0.3, 0.4) is 0 Å². The lowest BCUT2D eigenvalue weighted by atomic mass is 9.91. The Hall–Kier alpha value is -0.940. The molecule has 2 aromatic rings. The molecular weight excluding hydrogens is 376 g/mol. The van der Waals surface area contributed by atoms with Gasteiger partial charge in [0.1, 0.15) is 5.82 Å². The van der Waals surface area contributed by atoms with E-state index in [1.807, 2.05) is 6.07 Å². The highest BCUT2D eigenvalue weighted by molar-refractivity contribution is 14.1.